The Bertz CT molecular complexity index is 983. The zero-order valence-electron chi connectivity index (χ0n) is 17.2. The van der Waals surface area contributed by atoms with Crippen molar-refractivity contribution in [1.82, 2.24) is 4.90 Å². The lowest BCUT2D eigenvalue weighted by Gasteiger charge is -2.35. The smallest absolute Gasteiger partial charge is 0.337 e. The number of hydrogen-bond donors (Lipinski definition) is 1. The minimum absolute atomic E-state index is 0.0441. The first-order chi connectivity index (χ1) is 14.3. The van der Waals surface area contributed by atoms with E-state index in [0.29, 0.717) is 22.4 Å². The van der Waals surface area contributed by atoms with Crippen LogP contribution in [0.25, 0.3) is 0 Å². The number of carbonyl (C=O) groups is 2. The van der Waals surface area contributed by atoms with Crippen LogP contribution in [0.5, 0.6) is 0 Å². The summed E-state index contributed by atoms with van der Waals surface area (Å²) in [6.07, 6.45) is 0. The summed E-state index contributed by atoms with van der Waals surface area (Å²) in [4.78, 5) is 39.7. The number of esters is 1. The molecule has 30 heavy (non-hydrogen) atoms. The van der Waals surface area contributed by atoms with E-state index in [9.17, 15) is 19.7 Å². The van der Waals surface area contributed by atoms with E-state index in [0.717, 1.165) is 31.9 Å². The molecule has 1 aliphatic heterocycles. The van der Waals surface area contributed by atoms with E-state index in [4.69, 9.17) is 4.74 Å². The number of likely N-dealkylation sites (N-methyl/N-ethyl adjacent to an activating group) is 1. The quantitative estimate of drug-likeness (QED) is 0.457. The lowest BCUT2D eigenvalue weighted by atomic mass is 10.1. The molecule has 1 saturated heterocycles. The van der Waals surface area contributed by atoms with Gasteiger partial charge in [0.05, 0.1) is 29.0 Å². The maximum absolute atomic E-state index is 12.9. The molecule has 0 atom stereocenters. The minimum Gasteiger partial charge on any atom is -0.465 e. The van der Waals surface area contributed by atoms with Crippen molar-refractivity contribution in [3.05, 3.63) is 63.2 Å². The summed E-state index contributed by atoms with van der Waals surface area (Å²) in [5.74, 6) is -0.910. The second kappa shape index (κ2) is 8.91. The second-order valence-electron chi connectivity index (χ2n) is 7.23. The van der Waals surface area contributed by atoms with Gasteiger partial charge in [-0.3, -0.25) is 14.9 Å². The summed E-state index contributed by atoms with van der Waals surface area (Å²) in [5, 5.41) is 13.9. The highest BCUT2D eigenvalue weighted by Crippen LogP contribution is 2.29. The molecule has 1 heterocycles. The van der Waals surface area contributed by atoms with E-state index in [2.05, 4.69) is 22.2 Å². The molecule has 158 valence electrons. The summed E-state index contributed by atoms with van der Waals surface area (Å²) in [6.45, 7) is 4.92. The molecule has 1 amide bonds. The molecular weight excluding hydrogens is 388 g/mol. The van der Waals surface area contributed by atoms with Crippen molar-refractivity contribution in [3.8, 4) is 0 Å². The summed E-state index contributed by atoms with van der Waals surface area (Å²) in [5.41, 5.74) is 2.27. The maximum atomic E-state index is 12.9. The Morgan fingerprint density at radius 2 is 1.73 bits per heavy atom. The molecule has 2 aromatic rings. The number of nitrogens with one attached hydrogen (secondary N) is 1. The second-order valence-corrected chi connectivity index (χ2v) is 7.23. The molecule has 1 aliphatic rings. The van der Waals surface area contributed by atoms with Gasteiger partial charge in [-0.1, -0.05) is 0 Å². The van der Waals surface area contributed by atoms with E-state index in [-0.39, 0.29) is 5.69 Å². The number of anilines is 2. The topological polar surface area (TPSA) is 105 Å². The zero-order valence-corrected chi connectivity index (χ0v) is 17.2. The van der Waals surface area contributed by atoms with Crippen molar-refractivity contribution in [3.63, 3.8) is 0 Å². The number of aryl methyl sites for hydroxylation is 1. The van der Waals surface area contributed by atoms with Crippen molar-refractivity contribution in [2.24, 2.45) is 0 Å². The summed E-state index contributed by atoms with van der Waals surface area (Å²) in [6, 6.07) is 9.28. The van der Waals surface area contributed by atoms with Gasteiger partial charge in [-0.2, -0.15) is 0 Å². The molecule has 9 nitrogen and oxygen atoms in total. The normalized spacial score (nSPS) is 14.3. The van der Waals surface area contributed by atoms with Crippen LogP contribution < -0.4 is 10.2 Å². The Balaban J connectivity index is 1.92. The van der Waals surface area contributed by atoms with E-state index in [1.165, 1.54) is 25.3 Å². The van der Waals surface area contributed by atoms with Gasteiger partial charge in [0.2, 0.25) is 0 Å². The predicted molar refractivity (Wildman–Crippen MR) is 113 cm³/mol. The Kier molecular flexibility index (Phi) is 6.31. The SMILES string of the molecule is COC(=O)c1ccc(N2CCN(C)CC2)c(NC(=O)c2ccc([N+](=O)[O-])c(C)c2)c1. The van der Waals surface area contributed by atoms with Gasteiger partial charge in [0.1, 0.15) is 0 Å². The van der Waals surface area contributed by atoms with Crippen molar-refractivity contribution in [2.75, 3.05) is 50.6 Å². The van der Waals surface area contributed by atoms with Crippen molar-refractivity contribution >= 4 is 28.9 Å². The van der Waals surface area contributed by atoms with Gasteiger partial charge in [0.25, 0.3) is 11.6 Å². The molecular formula is C21H24N4O5. The molecule has 0 saturated carbocycles. The van der Waals surface area contributed by atoms with Gasteiger partial charge in [-0.25, -0.2) is 4.79 Å². The Hall–Kier alpha value is -3.46. The number of carbonyl (C=O) groups excluding carboxylic acids is 2. The number of methoxy groups -OCH3 is 1. The van der Waals surface area contributed by atoms with Crippen LogP contribution in [0.2, 0.25) is 0 Å². The van der Waals surface area contributed by atoms with E-state index < -0.39 is 16.8 Å². The van der Waals surface area contributed by atoms with Crippen molar-refractivity contribution < 1.29 is 19.2 Å². The monoisotopic (exact) mass is 412 g/mol. The summed E-state index contributed by atoms with van der Waals surface area (Å²) >= 11 is 0. The van der Waals surface area contributed by atoms with Gasteiger partial charge in [-0.15, -0.1) is 0 Å². The molecule has 2 aromatic carbocycles. The third-order valence-electron chi connectivity index (χ3n) is 5.17. The molecule has 0 bridgehead atoms. The van der Waals surface area contributed by atoms with Crippen LogP contribution in [-0.4, -0.2) is 62.0 Å². The molecule has 9 heteroatoms. The molecule has 0 radical (unpaired) electrons. The zero-order chi connectivity index (χ0) is 21.8. The fourth-order valence-electron chi connectivity index (χ4n) is 3.40. The third kappa shape index (κ3) is 4.57. The summed E-state index contributed by atoms with van der Waals surface area (Å²) < 4.78 is 4.80. The highest BCUT2D eigenvalue weighted by Gasteiger charge is 2.21. The van der Waals surface area contributed by atoms with Gasteiger partial charge in [0.15, 0.2) is 0 Å². The van der Waals surface area contributed by atoms with E-state index in [1.54, 1.807) is 25.1 Å². The highest BCUT2D eigenvalue weighted by molar-refractivity contribution is 6.07. The van der Waals surface area contributed by atoms with Gasteiger partial charge in [-0.05, 0) is 44.3 Å². The molecule has 1 fully saturated rings. The van der Waals surface area contributed by atoms with Crippen LogP contribution in [-0.2, 0) is 4.74 Å². The molecule has 1 N–H and O–H groups in total. The van der Waals surface area contributed by atoms with Crippen LogP contribution in [0.3, 0.4) is 0 Å². The van der Waals surface area contributed by atoms with Crippen LogP contribution in [0.15, 0.2) is 36.4 Å². The van der Waals surface area contributed by atoms with Gasteiger partial charge >= 0.3 is 5.97 Å². The molecule has 0 unspecified atom stereocenters. The first-order valence-electron chi connectivity index (χ1n) is 9.52. The molecule has 3 rings (SSSR count). The Labute approximate surface area is 174 Å². The van der Waals surface area contributed by atoms with E-state index in [1.807, 2.05) is 0 Å². The van der Waals surface area contributed by atoms with Crippen LogP contribution in [0.4, 0.5) is 17.1 Å². The lowest BCUT2D eigenvalue weighted by Crippen LogP contribution is -2.44. The Morgan fingerprint density at radius 3 is 2.33 bits per heavy atom. The number of rotatable bonds is 5. The van der Waals surface area contributed by atoms with Crippen LogP contribution in [0, 0.1) is 17.0 Å². The van der Waals surface area contributed by atoms with Gasteiger partial charge < -0.3 is 19.9 Å². The van der Waals surface area contributed by atoms with Crippen molar-refractivity contribution in [2.45, 2.75) is 6.92 Å². The maximum Gasteiger partial charge on any atom is 0.337 e. The summed E-state index contributed by atoms with van der Waals surface area (Å²) in [7, 11) is 3.35. The fourth-order valence-corrected chi connectivity index (χ4v) is 3.40. The highest BCUT2D eigenvalue weighted by atomic mass is 16.6. The van der Waals surface area contributed by atoms with Crippen LogP contribution in [0.1, 0.15) is 26.3 Å². The average molecular weight is 412 g/mol. The number of ether oxygens (including phenoxy) is 1. The largest absolute Gasteiger partial charge is 0.465 e. The fraction of sp³-hybridized carbons (Fsp3) is 0.333. The average Bonchev–Trinajstić information content (AvgIpc) is 2.73. The minimum atomic E-state index is -0.499. The van der Waals surface area contributed by atoms with Crippen LogP contribution >= 0.6 is 0 Å². The third-order valence-corrected chi connectivity index (χ3v) is 5.17. The van der Waals surface area contributed by atoms with Crippen molar-refractivity contribution in [1.29, 1.82) is 0 Å². The number of amides is 1. The number of hydrogen-bond acceptors (Lipinski definition) is 7. The number of nitro groups is 1. The molecule has 0 aliphatic carbocycles. The standard InChI is InChI=1S/C21H24N4O5/c1-14-12-15(4-6-18(14)25(28)29)20(26)22-17-13-16(21(27)30-3)5-7-19(17)24-10-8-23(2)9-11-24/h4-7,12-13H,8-11H2,1-3H3,(H,22,26). The molecule has 0 spiro atoms. The number of nitrogens with zero attached hydrogens (tertiary/aromatic N) is 3. The number of benzene rings is 2. The number of piperazine rings is 1. The Morgan fingerprint density at radius 1 is 1.07 bits per heavy atom. The number of nitro benzene ring substituents is 1. The first kappa shape index (κ1) is 21.3. The lowest BCUT2D eigenvalue weighted by molar-refractivity contribution is -0.385. The van der Waals surface area contributed by atoms with Gasteiger partial charge in [0, 0.05) is 43.4 Å². The van der Waals surface area contributed by atoms with E-state index >= 15 is 0 Å². The first-order valence-corrected chi connectivity index (χ1v) is 9.52. The predicted octanol–water partition coefficient (Wildman–Crippen LogP) is 2.69. The molecule has 0 aromatic heterocycles.